The fourth-order valence-electron chi connectivity index (χ4n) is 3.63. The topological polar surface area (TPSA) is 81.2 Å². The van der Waals surface area contributed by atoms with Crippen LogP contribution in [-0.4, -0.2) is 39.3 Å². The number of aliphatic hydroxyl groups is 1. The van der Waals surface area contributed by atoms with Gasteiger partial charge in [0.2, 0.25) is 0 Å². The molecule has 1 saturated heterocycles. The van der Waals surface area contributed by atoms with Gasteiger partial charge >= 0.3 is 12.2 Å². The van der Waals surface area contributed by atoms with Crippen LogP contribution < -0.4 is 5.32 Å². The number of H-pyrrole nitrogens is 1. The monoisotopic (exact) mass is 422 g/mol. The van der Waals surface area contributed by atoms with E-state index in [2.05, 4.69) is 15.5 Å². The number of piperidine rings is 1. The first-order chi connectivity index (χ1) is 14.2. The zero-order chi connectivity index (χ0) is 21.5. The summed E-state index contributed by atoms with van der Waals surface area (Å²) in [4.78, 5) is 14.0. The van der Waals surface area contributed by atoms with Crippen LogP contribution in [0.3, 0.4) is 0 Å². The van der Waals surface area contributed by atoms with Crippen molar-refractivity contribution in [2.24, 2.45) is 0 Å². The van der Waals surface area contributed by atoms with Gasteiger partial charge in [-0.25, -0.2) is 9.18 Å². The first-order valence-corrected chi connectivity index (χ1v) is 9.25. The summed E-state index contributed by atoms with van der Waals surface area (Å²) in [5, 5.41) is 21.1. The summed E-state index contributed by atoms with van der Waals surface area (Å²) in [7, 11) is 0. The van der Waals surface area contributed by atoms with Crippen molar-refractivity contribution in [1.82, 2.24) is 15.1 Å². The number of carbonyl (C=O) groups excluding carboxylic acids is 1. The third kappa shape index (κ3) is 3.82. The summed E-state index contributed by atoms with van der Waals surface area (Å²) in [6.45, 7) is 0.172. The van der Waals surface area contributed by atoms with Crippen molar-refractivity contribution in [3.05, 3.63) is 59.4 Å². The number of amides is 2. The zero-order valence-corrected chi connectivity index (χ0v) is 15.6. The number of hydrogen-bond donors (Lipinski definition) is 3. The molecule has 1 aliphatic rings. The molecule has 0 spiro atoms. The number of hydrogen-bond acceptors (Lipinski definition) is 3. The number of halogens is 4. The number of alkyl halides is 3. The van der Waals surface area contributed by atoms with Gasteiger partial charge in [-0.15, -0.1) is 0 Å². The molecule has 2 amide bonds. The Kier molecular flexibility index (Phi) is 4.89. The number of fused-ring (bicyclic) bond motifs is 1. The molecule has 0 radical (unpaired) electrons. The van der Waals surface area contributed by atoms with E-state index in [1.165, 1.54) is 4.90 Å². The van der Waals surface area contributed by atoms with Crippen LogP contribution in [0.1, 0.15) is 24.0 Å². The smallest absolute Gasteiger partial charge is 0.385 e. The van der Waals surface area contributed by atoms with E-state index in [1.54, 1.807) is 6.07 Å². The maximum Gasteiger partial charge on any atom is 0.416 e. The molecule has 1 aliphatic heterocycles. The van der Waals surface area contributed by atoms with E-state index >= 15 is 0 Å². The van der Waals surface area contributed by atoms with Crippen LogP contribution in [-0.2, 0) is 11.8 Å². The lowest BCUT2D eigenvalue weighted by Gasteiger charge is -2.38. The second-order valence-electron chi connectivity index (χ2n) is 7.29. The summed E-state index contributed by atoms with van der Waals surface area (Å²) in [6.07, 6.45) is -4.77. The van der Waals surface area contributed by atoms with Crippen molar-refractivity contribution >= 4 is 22.8 Å². The molecule has 30 heavy (non-hydrogen) atoms. The fraction of sp³-hybridized carbons (Fsp3) is 0.300. The molecule has 0 bridgehead atoms. The number of aromatic amines is 1. The zero-order valence-electron chi connectivity index (χ0n) is 15.6. The molecular weight excluding hydrogens is 404 g/mol. The SMILES string of the molecule is O=C(Nc1n[nH]c2ccccc12)N1CCC(O)(c2cc(F)cc(C(F)(F)F)c2)CC1. The van der Waals surface area contributed by atoms with Crippen LogP contribution >= 0.6 is 0 Å². The number of likely N-dealkylation sites (tertiary alicyclic amines) is 1. The summed E-state index contributed by atoms with van der Waals surface area (Å²) < 4.78 is 52.7. The van der Waals surface area contributed by atoms with Gasteiger partial charge in [0.1, 0.15) is 5.82 Å². The van der Waals surface area contributed by atoms with E-state index in [1.807, 2.05) is 18.2 Å². The Balaban J connectivity index is 1.46. The lowest BCUT2D eigenvalue weighted by atomic mass is 9.83. The lowest BCUT2D eigenvalue weighted by Crippen LogP contribution is -2.46. The normalized spacial score (nSPS) is 16.6. The van der Waals surface area contributed by atoms with Gasteiger partial charge in [0.15, 0.2) is 5.82 Å². The molecule has 4 rings (SSSR count). The summed E-state index contributed by atoms with van der Waals surface area (Å²) >= 11 is 0. The van der Waals surface area contributed by atoms with Gasteiger partial charge in [0.05, 0.1) is 16.7 Å². The first-order valence-electron chi connectivity index (χ1n) is 9.25. The largest absolute Gasteiger partial charge is 0.416 e. The minimum Gasteiger partial charge on any atom is -0.385 e. The van der Waals surface area contributed by atoms with Gasteiger partial charge in [-0.05, 0) is 48.7 Å². The summed E-state index contributed by atoms with van der Waals surface area (Å²) in [5.74, 6) is -0.713. The molecule has 1 fully saturated rings. The Hall–Kier alpha value is -3.14. The van der Waals surface area contributed by atoms with E-state index in [0.717, 1.165) is 23.0 Å². The van der Waals surface area contributed by atoms with E-state index in [-0.39, 0.29) is 31.5 Å². The van der Waals surface area contributed by atoms with Crippen LogP contribution in [0, 0.1) is 5.82 Å². The number of urea groups is 1. The van der Waals surface area contributed by atoms with E-state index in [4.69, 9.17) is 0 Å². The van der Waals surface area contributed by atoms with Crippen LogP contribution in [0.15, 0.2) is 42.5 Å². The van der Waals surface area contributed by atoms with Gasteiger partial charge in [0.25, 0.3) is 0 Å². The molecule has 0 atom stereocenters. The number of aromatic nitrogens is 2. The molecule has 1 aromatic heterocycles. The van der Waals surface area contributed by atoms with Gasteiger partial charge in [-0.3, -0.25) is 10.4 Å². The molecule has 6 nitrogen and oxygen atoms in total. The van der Waals surface area contributed by atoms with Crippen molar-refractivity contribution < 1.29 is 27.5 Å². The fourth-order valence-corrected chi connectivity index (χ4v) is 3.63. The maximum absolute atomic E-state index is 13.7. The molecule has 0 aliphatic carbocycles. The Morgan fingerprint density at radius 3 is 2.57 bits per heavy atom. The summed E-state index contributed by atoms with van der Waals surface area (Å²) in [5.41, 5.74) is -2.20. The standard InChI is InChI=1S/C20H18F4N4O2/c21-14-10-12(9-13(11-14)20(22,23)24)19(30)5-7-28(8-6-19)18(29)25-17-15-3-1-2-4-16(15)26-27-17/h1-4,9-11,30H,5-8H2,(H2,25,26,27,29). The molecular formula is C20H18F4N4O2. The Bertz CT molecular complexity index is 1090. The van der Waals surface area contributed by atoms with E-state index in [0.29, 0.717) is 11.9 Å². The van der Waals surface area contributed by atoms with E-state index in [9.17, 15) is 27.5 Å². The molecule has 3 N–H and O–H groups in total. The maximum atomic E-state index is 13.7. The first kappa shape index (κ1) is 20.1. The highest BCUT2D eigenvalue weighted by Gasteiger charge is 2.38. The number of benzene rings is 2. The van der Waals surface area contributed by atoms with Crippen molar-refractivity contribution in [2.45, 2.75) is 24.6 Å². The van der Waals surface area contributed by atoms with Gasteiger partial charge in [-0.2, -0.15) is 18.3 Å². The Morgan fingerprint density at radius 1 is 1.17 bits per heavy atom. The number of anilines is 1. The van der Waals surface area contributed by atoms with Crippen LogP contribution in [0.4, 0.5) is 28.2 Å². The van der Waals surface area contributed by atoms with Gasteiger partial charge < -0.3 is 10.0 Å². The van der Waals surface area contributed by atoms with Gasteiger partial charge in [0, 0.05) is 18.5 Å². The predicted octanol–water partition coefficient (Wildman–Crippen LogP) is 4.24. The Morgan fingerprint density at radius 2 is 1.87 bits per heavy atom. The third-order valence-corrected chi connectivity index (χ3v) is 5.34. The average molecular weight is 422 g/mol. The van der Waals surface area contributed by atoms with Crippen molar-refractivity contribution in [3.63, 3.8) is 0 Å². The van der Waals surface area contributed by atoms with Crippen LogP contribution in [0.2, 0.25) is 0 Å². The average Bonchev–Trinajstić information content (AvgIpc) is 3.10. The van der Waals surface area contributed by atoms with Crippen molar-refractivity contribution in [3.8, 4) is 0 Å². The van der Waals surface area contributed by atoms with Crippen LogP contribution in [0.5, 0.6) is 0 Å². The number of para-hydroxylation sites is 1. The predicted molar refractivity (Wildman–Crippen MR) is 101 cm³/mol. The van der Waals surface area contributed by atoms with Crippen LogP contribution in [0.25, 0.3) is 10.9 Å². The number of rotatable bonds is 2. The molecule has 2 heterocycles. The highest BCUT2D eigenvalue weighted by atomic mass is 19.4. The molecule has 2 aromatic carbocycles. The van der Waals surface area contributed by atoms with Gasteiger partial charge in [-0.1, -0.05) is 12.1 Å². The molecule has 10 heteroatoms. The minimum absolute atomic E-state index is 0.0253. The molecule has 3 aromatic rings. The Labute approximate surface area is 168 Å². The lowest BCUT2D eigenvalue weighted by molar-refractivity contribution is -0.138. The third-order valence-electron chi connectivity index (χ3n) is 5.34. The highest BCUT2D eigenvalue weighted by molar-refractivity contribution is 5.98. The quantitative estimate of drug-likeness (QED) is 0.541. The van der Waals surface area contributed by atoms with Crippen molar-refractivity contribution in [2.75, 3.05) is 18.4 Å². The number of nitrogens with one attached hydrogen (secondary N) is 2. The minimum atomic E-state index is -4.72. The second-order valence-corrected chi connectivity index (χ2v) is 7.29. The second kappa shape index (κ2) is 7.28. The number of nitrogens with zero attached hydrogens (tertiary/aromatic N) is 2. The highest BCUT2D eigenvalue weighted by Crippen LogP contribution is 2.37. The van der Waals surface area contributed by atoms with Crippen molar-refractivity contribution in [1.29, 1.82) is 0 Å². The van der Waals surface area contributed by atoms with E-state index < -0.39 is 29.2 Å². The summed E-state index contributed by atoms with van der Waals surface area (Å²) in [6, 6.07) is 8.86. The molecule has 0 unspecified atom stereocenters. The molecule has 158 valence electrons. The molecule has 0 saturated carbocycles. The number of carbonyl (C=O) groups is 1.